The summed E-state index contributed by atoms with van der Waals surface area (Å²) in [6.07, 6.45) is 1.49. The van der Waals surface area contributed by atoms with Gasteiger partial charge in [0.1, 0.15) is 17.5 Å². The molecule has 1 fully saturated rings. The number of rotatable bonds is 3. The molecule has 0 heterocycles. The molecule has 2 nitrogen and oxygen atoms in total. The van der Waals surface area contributed by atoms with Gasteiger partial charge in [-0.2, -0.15) is 0 Å². The van der Waals surface area contributed by atoms with E-state index >= 15 is 0 Å². The molecule has 0 saturated heterocycles. The van der Waals surface area contributed by atoms with Gasteiger partial charge in [0, 0.05) is 5.02 Å². The van der Waals surface area contributed by atoms with Crippen LogP contribution in [0.15, 0.2) is 24.3 Å². The fourth-order valence-electron chi connectivity index (χ4n) is 1.39. The van der Waals surface area contributed by atoms with Gasteiger partial charge in [-0.25, -0.2) is 0 Å². The van der Waals surface area contributed by atoms with Crippen LogP contribution in [-0.4, -0.2) is 16.8 Å². The molecule has 1 unspecified atom stereocenters. The van der Waals surface area contributed by atoms with E-state index in [9.17, 15) is 5.11 Å². The van der Waals surface area contributed by atoms with Gasteiger partial charge in [0.05, 0.1) is 0 Å². The van der Waals surface area contributed by atoms with E-state index in [2.05, 4.69) is 0 Å². The highest BCUT2D eigenvalue weighted by Crippen LogP contribution is 2.40. The van der Waals surface area contributed by atoms with Crippen LogP contribution in [0.25, 0.3) is 0 Å². The first-order valence-electron chi connectivity index (χ1n) is 4.75. The van der Waals surface area contributed by atoms with Crippen molar-refractivity contribution in [2.45, 2.75) is 31.5 Å². The molecule has 1 aliphatic rings. The van der Waals surface area contributed by atoms with Crippen molar-refractivity contribution in [3.8, 4) is 5.75 Å². The van der Waals surface area contributed by atoms with E-state index in [1.54, 1.807) is 12.1 Å². The lowest BCUT2D eigenvalue weighted by Crippen LogP contribution is -2.30. The van der Waals surface area contributed by atoms with Gasteiger partial charge < -0.3 is 9.84 Å². The fraction of sp³-hybridized carbons (Fsp3) is 0.455. The molecule has 1 N–H and O–H groups in total. The monoisotopic (exact) mass is 212 g/mol. The predicted molar refractivity (Wildman–Crippen MR) is 55.7 cm³/mol. The highest BCUT2D eigenvalue weighted by Gasteiger charge is 2.47. The Bertz CT molecular complexity index is 334. The van der Waals surface area contributed by atoms with Crippen LogP contribution in [0, 0.1) is 0 Å². The summed E-state index contributed by atoms with van der Waals surface area (Å²) >= 11 is 5.82. The summed E-state index contributed by atoms with van der Waals surface area (Å²) < 4.78 is 5.59. The van der Waals surface area contributed by atoms with Gasteiger partial charge in [0.2, 0.25) is 0 Å². The standard InChI is InChI=1S/C11H13ClO2/c1-8(11(13)5-6-11)14-10-4-2-3-9(12)7-10/h2-4,7-8,13H,5-6H2,1H3. The zero-order valence-electron chi connectivity index (χ0n) is 8.03. The zero-order valence-corrected chi connectivity index (χ0v) is 8.79. The van der Waals surface area contributed by atoms with Gasteiger partial charge in [-0.15, -0.1) is 0 Å². The second-order valence-corrected chi connectivity index (χ2v) is 4.26. The molecule has 0 aliphatic heterocycles. The maximum absolute atomic E-state index is 9.77. The molecule has 1 aliphatic carbocycles. The van der Waals surface area contributed by atoms with Crippen LogP contribution in [-0.2, 0) is 0 Å². The topological polar surface area (TPSA) is 29.5 Å². The van der Waals surface area contributed by atoms with Crippen LogP contribution in [0.2, 0.25) is 5.02 Å². The van der Waals surface area contributed by atoms with Crippen LogP contribution >= 0.6 is 11.6 Å². The predicted octanol–water partition coefficient (Wildman–Crippen LogP) is 2.63. The summed E-state index contributed by atoms with van der Waals surface area (Å²) in [5.74, 6) is 0.713. The molecular formula is C11H13ClO2. The Morgan fingerprint density at radius 3 is 2.79 bits per heavy atom. The van der Waals surface area contributed by atoms with Crippen LogP contribution in [0.3, 0.4) is 0 Å². The number of hydrogen-bond acceptors (Lipinski definition) is 2. The third kappa shape index (κ3) is 2.02. The van der Waals surface area contributed by atoms with E-state index in [4.69, 9.17) is 16.3 Å². The first-order valence-corrected chi connectivity index (χ1v) is 5.12. The Morgan fingerprint density at radius 1 is 1.50 bits per heavy atom. The number of hydrogen-bond donors (Lipinski definition) is 1. The van der Waals surface area contributed by atoms with Gasteiger partial charge in [0.25, 0.3) is 0 Å². The van der Waals surface area contributed by atoms with Crippen LogP contribution < -0.4 is 4.74 Å². The third-order valence-corrected chi connectivity index (χ3v) is 2.86. The Kier molecular flexibility index (Phi) is 2.41. The highest BCUT2D eigenvalue weighted by molar-refractivity contribution is 6.30. The minimum absolute atomic E-state index is 0.166. The smallest absolute Gasteiger partial charge is 0.124 e. The SMILES string of the molecule is CC(Oc1cccc(Cl)c1)C1(O)CC1. The molecule has 14 heavy (non-hydrogen) atoms. The van der Waals surface area contributed by atoms with Crippen LogP contribution in [0.4, 0.5) is 0 Å². The number of halogens is 1. The second kappa shape index (κ2) is 3.44. The molecule has 76 valence electrons. The van der Waals surface area contributed by atoms with Crippen molar-refractivity contribution in [3.63, 3.8) is 0 Å². The van der Waals surface area contributed by atoms with E-state index in [0.717, 1.165) is 12.8 Å². The molecule has 3 heteroatoms. The summed E-state index contributed by atoms with van der Waals surface area (Å²) in [5, 5.41) is 10.4. The lowest BCUT2D eigenvalue weighted by atomic mass is 10.2. The summed E-state index contributed by atoms with van der Waals surface area (Å²) in [6, 6.07) is 7.23. The Balaban J connectivity index is 2.03. The first-order chi connectivity index (χ1) is 6.60. The first kappa shape index (κ1) is 9.81. The molecule has 1 saturated carbocycles. The molecule has 1 atom stereocenters. The molecule has 2 rings (SSSR count). The number of benzene rings is 1. The average Bonchev–Trinajstić information content (AvgIpc) is 2.85. The quantitative estimate of drug-likeness (QED) is 0.835. The largest absolute Gasteiger partial charge is 0.488 e. The van der Waals surface area contributed by atoms with Gasteiger partial charge in [-0.05, 0) is 38.0 Å². The van der Waals surface area contributed by atoms with Crippen molar-refractivity contribution in [2.24, 2.45) is 0 Å². The summed E-state index contributed by atoms with van der Waals surface area (Å²) in [5.41, 5.74) is -0.609. The van der Waals surface area contributed by atoms with E-state index in [1.165, 1.54) is 0 Å². The van der Waals surface area contributed by atoms with Gasteiger partial charge >= 0.3 is 0 Å². The number of aliphatic hydroxyl groups is 1. The van der Waals surface area contributed by atoms with Gasteiger partial charge in [-0.3, -0.25) is 0 Å². The second-order valence-electron chi connectivity index (χ2n) is 3.82. The molecular weight excluding hydrogens is 200 g/mol. The molecule has 0 spiro atoms. The molecule has 0 amide bonds. The van der Waals surface area contributed by atoms with Crippen molar-refractivity contribution < 1.29 is 9.84 Å². The Labute approximate surface area is 88.5 Å². The lowest BCUT2D eigenvalue weighted by molar-refractivity contribution is 0.0267. The van der Waals surface area contributed by atoms with Crippen molar-refractivity contribution in [3.05, 3.63) is 29.3 Å². The highest BCUT2D eigenvalue weighted by atomic mass is 35.5. The van der Waals surface area contributed by atoms with Gasteiger partial charge in [-0.1, -0.05) is 17.7 Å². The summed E-state index contributed by atoms with van der Waals surface area (Å²) in [7, 11) is 0. The Hall–Kier alpha value is -0.730. The summed E-state index contributed by atoms with van der Waals surface area (Å²) in [4.78, 5) is 0. The molecule has 0 bridgehead atoms. The minimum Gasteiger partial charge on any atom is -0.488 e. The zero-order chi connectivity index (χ0) is 10.2. The van der Waals surface area contributed by atoms with E-state index in [1.807, 2.05) is 19.1 Å². The van der Waals surface area contributed by atoms with Crippen molar-refractivity contribution in [1.82, 2.24) is 0 Å². The van der Waals surface area contributed by atoms with Crippen LogP contribution in [0.5, 0.6) is 5.75 Å². The van der Waals surface area contributed by atoms with E-state index in [-0.39, 0.29) is 6.10 Å². The maximum Gasteiger partial charge on any atom is 0.124 e. The Morgan fingerprint density at radius 2 is 2.21 bits per heavy atom. The average molecular weight is 213 g/mol. The van der Waals surface area contributed by atoms with Crippen molar-refractivity contribution in [2.75, 3.05) is 0 Å². The summed E-state index contributed by atoms with van der Waals surface area (Å²) in [6.45, 7) is 1.88. The molecule has 1 aromatic carbocycles. The normalized spacial score (nSPS) is 20.2. The third-order valence-electron chi connectivity index (χ3n) is 2.63. The molecule has 0 radical (unpaired) electrons. The molecule has 0 aromatic heterocycles. The van der Waals surface area contributed by atoms with Crippen molar-refractivity contribution in [1.29, 1.82) is 0 Å². The van der Waals surface area contributed by atoms with Crippen LogP contribution in [0.1, 0.15) is 19.8 Å². The molecule has 1 aromatic rings. The lowest BCUT2D eigenvalue weighted by Gasteiger charge is -2.19. The fourth-order valence-corrected chi connectivity index (χ4v) is 1.57. The van der Waals surface area contributed by atoms with E-state index in [0.29, 0.717) is 10.8 Å². The minimum atomic E-state index is -0.609. The van der Waals surface area contributed by atoms with Gasteiger partial charge in [0.15, 0.2) is 0 Å². The van der Waals surface area contributed by atoms with E-state index < -0.39 is 5.60 Å². The number of ether oxygens (including phenoxy) is 1. The van der Waals surface area contributed by atoms with Crippen molar-refractivity contribution >= 4 is 11.6 Å². The maximum atomic E-state index is 9.77.